The van der Waals surface area contributed by atoms with Gasteiger partial charge in [0, 0.05) is 12.1 Å². The van der Waals surface area contributed by atoms with Gasteiger partial charge in [-0.25, -0.2) is 18.2 Å². The second-order valence-electron chi connectivity index (χ2n) is 5.26. The van der Waals surface area contributed by atoms with E-state index in [1.54, 1.807) is 13.8 Å². The van der Waals surface area contributed by atoms with Crippen LogP contribution in [0.4, 0.5) is 43.8 Å². The number of anilines is 3. The van der Waals surface area contributed by atoms with E-state index >= 15 is 0 Å². The first-order valence-electron chi connectivity index (χ1n) is 7.25. The quantitative estimate of drug-likeness (QED) is 0.587. The van der Waals surface area contributed by atoms with Gasteiger partial charge in [0.2, 0.25) is 5.95 Å². The lowest BCUT2D eigenvalue weighted by atomic mass is 10.2. The van der Waals surface area contributed by atoms with Crippen molar-refractivity contribution in [2.24, 2.45) is 0 Å². The van der Waals surface area contributed by atoms with Gasteiger partial charge in [0.1, 0.15) is 5.82 Å². The molecule has 10 heteroatoms. The first-order chi connectivity index (χ1) is 11.6. The smallest absolute Gasteiger partial charge is 0.352 e. The first-order valence-corrected chi connectivity index (χ1v) is 7.25. The van der Waals surface area contributed by atoms with Crippen LogP contribution in [0.5, 0.6) is 0 Å². The number of alkyl halides is 3. The molecule has 2 rings (SSSR count). The molecule has 1 atom stereocenters. The van der Waals surface area contributed by atoms with Gasteiger partial charge in [-0.1, -0.05) is 6.92 Å². The summed E-state index contributed by atoms with van der Waals surface area (Å²) < 4.78 is 78.8. The molecule has 0 saturated heterocycles. The minimum atomic E-state index is -4.77. The highest BCUT2D eigenvalue weighted by Crippen LogP contribution is 2.31. The lowest BCUT2D eigenvalue weighted by Gasteiger charge is -2.15. The van der Waals surface area contributed by atoms with E-state index in [0.29, 0.717) is 18.6 Å². The third-order valence-corrected chi connectivity index (χ3v) is 3.30. The molecule has 1 aromatic heterocycles. The third-order valence-electron chi connectivity index (χ3n) is 3.30. The Balaban J connectivity index is 2.42. The normalized spacial score (nSPS) is 12.8. The number of rotatable bonds is 5. The summed E-state index contributed by atoms with van der Waals surface area (Å²) in [6.45, 7) is 3.52. The van der Waals surface area contributed by atoms with Crippen molar-refractivity contribution >= 4 is 17.5 Å². The van der Waals surface area contributed by atoms with Crippen molar-refractivity contribution in [2.75, 3.05) is 10.6 Å². The Hall–Kier alpha value is -2.52. The monoisotopic (exact) mass is 364 g/mol. The zero-order valence-corrected chi connectivity index (χ0v) is 13.2. The van der Waals surface area contributed by atoms with E-state index in [-0.39, 0.29) is 12.0 Å². The van der Waals surface area contributed by atoms with E-state index in [9.17, 15) is 26.3 Å². The van der Waals surface area contributed by atoms with Gasteiger partial charge in [-0.15, -0.1) is 0 Å². The summed E-state index contributed by atoms with van der Waals surface area (Å²) in [6.07, 6.45) is -4.17. The summed E-state index contributed by atoms with van der Waals surface area (Å²) in [5.74, 6) is -5.47. The molecule has 4 nitrogen and oxygen atoms in total. The maximum absolute atomic E-state index is 13.7. The lowest BCUT2D eigenvalue weighted by molar-refractivity contribution is -0.141. The number of nitrogens with one attached hydrogen (secondary N) is 2. The Morgan fingerprint density at radius 3 is 2.36 bits per heavy atom. The number of nitrogens with zero attached hydrogens (tertiary/aromatic N) is 2. The van der Waals surface area contributed by atoms with Crippen LogP contribution in [0.1, 0.15) is 26.0 Å². The summed E-state index contributed by atoms with van der Waals surface area (Å²) in [6, 6.07) is 1.83. The van der Waals surface area contributed by atoms with Gasteiger partial charge in [0.25, 0.3) is 0 Å². The second-order valence-corrected chi connectivity index (χ2v) is 5.26. The SMILES string of the molecule is CC[C@@H](C)Nc1nc(Nc2ccc(F)c(F)c2F)cc(C(F)(F)F)n1. The van der Waals surface area contributed by atoms with Crippen molar-refractivity contribution < 1.29 is 26.3 Å². The van der Waals surface area contributed by atoms with Crippen molar-refractivity contribution in [3.8, 4) is 0 Å². The van der Waals surface area contributed by atoms with Gasteiger partial charge in [-0.2, -0.15) is 18.2 Å². The van der Waals surface area contributed by atoms with Crippen LogP contribution in [-0.4, -0.2) is 16.0 Å². The van der Waals surface area contributed by atoms with Gasteiger partial charge in [0.05, 0.1) is 5.69 Å². The second kappa shape index (κ2) is 7.16. The van der Waals surface area contributed by atoms with Crippen LogP contribution >= 0.6 is 0 Å². The molecular formula is C15H14F6N4. The Bertz CT molecular complexity index is 762. The molecule has 0 aliphatic heterocycles. The first kappa shape index (κ1) is 18.8. The van der Waals surface area contributed by atoms with E-state index in [1.165, 1.54) is 0 Å². The van der Waals surface area contributed by atoms with Crippen molar-refractivity contribution in [1.29, 1.82) is 0 Å². The summed E-state index contributed by atoms with van der Waals surface area (Å²) in [5.41, 5.74) is -1.82. The summed E-state index contributed by atoms with van der Waals surface area (Å²) in [7, 11) is 0. The highest BCUT2D eigenvalue weighted by atomic mass is 19.4. The van der Waals surface area contributed by atoms with Crippen molar-refractivity contribution in [3.05, 3.63) is 41.3 Å². The molecule has 0 bridgehead atoms. The number of aromatic nitrogens is 2. The van der Waals surface area contributed by atoms with Crippen LogP contribution in [0, 0.1) is 17.5 Å². The number of benzene rings is 1. The van der Waals surface area contributed by atoms with Crippen LogP contribution in [0.3, 0.4) is 0 Å². The van der Waals surface area contributed by atoms with Gasteiger partial charge >= 0.3 is 6.18 Å². The largest absolute Gasteiger partial charge is 0.433 e. The molecule has 1 heterocycles. The van der Waals surface area contributed by atoms with E-state index in [2.05, 4.69) is 20.6 Å². The van der Waals surface area contributed by atoms with Gasteiger partial charge in [-0.05, 0) is 25.5 Å². The molecule has 136 valence electrons. The molecule has 0 radical (unpaired) electrons. The van der Waals surface area contributed by atoms with Crippen molar-refractivity contribution in [1.82, 2.24) is 9.97 Å². The van der Waals surface area contributed by atoms with E-state index in [0.717, 1.165) is 6.07 Å². The maximum Gasteiger partial charge on any atom is 0.433 e. The van der Waals surface area contributed by atoms with Gasteiger partial charge in [0.15, 0.2) is 23.1 Å². The van der Waals surface area contributed by atoms with Crippen LogP contribution in [0.2, 0.25) is 0 Å². The Labute approximate surface area is 139 Å². The van der Waals surface area contributed by atoms with Crippen LogP contribution in [-0.2, 0) is 6.18 Å². The molecule has 0 aliphatic rings. The van der Waals surface area contributed by atoms with Crippen LogP contribution < -0.4 is 10.6 Å². The molecule has 0 aliphatic carbocycles. The van der Waals surface area contributed by atoms with Gasteiger partial charge in [-0.3, -0.25) is 0 Å². The molecular weight excluding hydrogens is 350 g/mol. The molecule has 0 saturated carbocycles. The highest BCUT2D eigenvalue weighted by molar-refractivity contribution is 5.58. The van der Waals surface area contributed by atoms with E-state index < -0.39 is 40.8 Å². The zero-order chi connectivity index (χ0) is 18.8. The topological polar surface area (TPSA) is 49.8 Å². The Morgan fingerprint density at radius 1 is 1.08 bits per heavy atom. The van der Waals surface area contributed by atoms with Crippen molar-refractivity contribution in [2.45, 2.75) is 32.5 Å². The van der Waals surface area contributed by atoms with Crippen LogP contribution in [0.25, 0.3) is 0 Å². The fourth-order valence-electron chi connectivity index (χ4n) is 1.80. The molecule has 0 unspecified atom stereocenters. The summed E-state index contributed by atoms with van der Waals surface area (Å²) >= 11 is 0. The molecule has 2 aromatic rings. The fraction of sp³-hybridized carbons (Fsp3) is 0.333. The highest BCUT2D eigenvalue weighted by Gasteiger charge is 2.34. The Kier molecular flexibility index (Phi) is 5.39. The molecule has 0 fully saturated rings. The minimum absolute atomic E-state index is 0.212. The Morgan fingerprint density at radius 2 is 1.76 bits per heavy atom. The van der Waals surface area contributed by atoms with E-state index in [4.69, 9.17) is 0 Å². The number of halogens is 6. The molecule has 0 amide bonds. The number of hydrogen-bond donors (Lipinski definition) is 2. The van der Waals surface area contributed by atoms with Crippen molar-refractivity contribution in [3.63, 3.8) is 0 Å². The molecule has 0 spiro atoms. The summed E-state index contributed by atoms with van der Waals surface area (Å²) in [4.78, 5) is 7.18. The predicted octanol–water partition coefficient (Wildman–Crippen LogP) is 4.87. The van der Waals surface area contributed by atoms with Crippen LogP contribution in [0.15, 0.2) is 18.2 Å². The maximum atomic E-state index is 13.7. The zero-order valence-electron chi connectivity index (χ0n) is 13.2. The standard InChI is InChI=1S/C15H14F6N4/c1-3-7(2)22-14-24-10(15(19,20)21)6-11(25-14)23-9-5-4-8(16)12(17)13(9)18/h4-7H,3H2,1-2H3,(H2,22,23,24,25)/t7-/m1/s1. The van der Waals surface area contributed by atoms with Gasteiger partial charge < -0.3 is 10.6 Å². The lowest BCUT2D eigenvalue weighted by Crippen LogP contribution is -2.19. The predicted molar refractivity (Wildman–Crippen MR) is 80.0 cm³/mol. The average Bonchev–Trinajstić information content (AvgIpc) is 2.54. The minimum Gasteiger partial charge on any atom is -0.352 e. The molecule has 25 heavy (non-hydrogen) atoms. The average molecular weight is 364 g/mol. The molecule has 1 aromatic carbocycles. The molecule has 2 N–H and O–H groups in total. The number of hydrogen-bond acceptors (Lipinski definition) is 4. The summed E-state index contributed by atoms with van der Waals surface area (Å²) in [5, 5.41) is 4.89. The third kappa shape index (κ3) is 4.52. The fourth-order valence-corrected chi connectivity index (χ4v) is 1.80. The van der Waals surface area contributed by atoms with E-state index in [1.807, 2.05) is 0 Å².